The van der Waals surface area contributed by atoms with Crippen LogP contribution in [0.5, 0.6) is 0 Å². The molecular formula is C25H18N2. The van der Waals surface area contributed by atoms with Crippen molar-refractivity contribution in [3.05, 3.63) is 84.1 Å². The monoisotopic (exact) mass is 346 g/mol. The molecule has 2 heterocycles. The Bertz CT molecular complexity index is 1370. The van der Waals surface area contributed by atoms with Gasteiger partial charge in [-0.05, 0) is 49.4 Å². The van der Waals surface area contributed by atoms with Gasteiger partial charge in [0.2, 0.25) is 0 Å². The third-order valence-corrected chi connectivity index (χ3v) is 5.19. The number of allylic oxidation sites excluding steroid dienone is 1. The lowest BCUT2D eigenvalue weighted by Crippen LogP contribution is -1.92. The van der Waals surface area contributed by atoms with Crippen LogP contribution in [0, 0.1) is 19.3 Å². The Kier molecular flexibility index (Phi) is 3.42. The molecule has 0 aliphatic heterocycles. The van der Waals surface area contributed by atoms with Gasteiger partial charge in [-0.3, -0.25) is 0 Å². The van der Waals surface area contributed by atoms with Crippen molar-refractivity contribution in [3.8, 4) is 18.0 Å². The van der Waals surface area contributed by atoms with E-state index in [9.17, 15) is 0 Å². The molecule has 0 radical (unpaired) electrons. The van der Waals surface area contributed by atoms with Gasteiger partial charge in [0.05, 0.1) is 11.0 Å². The number of aromatic amines is 1. The van der Waals surface area contributed by atoms with Crippen LogP contribution in [0.1, 0.15) is 11.3 Å². The number of rotatable bonds is 2. The average Bonchev–Trinajstić information content (AvgIpc) is 3.18. The second kappa shape index (κ2) is 5.93. The summed E-state index contributed by atoms with van der Waals surface area (Å²) in [5.41, 5.74) is 6.98. The van der Waals surface area contributed by atoms with Crippen molar-refractivity contribution in [2.75, 3.05) is 0 Å². The SMILES string of the molecule is C#C/C=C\c1c(C)[nH]c2cc3c(cc12)c1ccccc1n3-c1ccccc1. The Hall–Kier alpha value is -3.70. The Balaban J connectivity index is 1.94. The van der Waals surface area contributed by atoms with Gasteiger partial charge in [0, 0.05) is 38.6 Å². The molecule has 0 aliphatic rings. The Morgan fingerprint density at radius 2 is 1.67 bits per heavy atom. The summed E-state index contributed by atoms with van der Waals surface area (Å²) in [7, 11) is 0. The molecule has 2 aromatic heterocycles. The van der Waals surface area contributed by atoms with Crippen LogP contribution in [0.15, 0.2) is 72.8 Å². The van der Waals surface area contributed by atoms with Gasteiger partial charge in [0.25, 0.3) is 0 Å². The van der Waals surface area contributed by atoms with E-state index in [-0.39, 0.29) is 0 Å². The first-order chi connectivity index (χ1) is 13.3. The first-order valence-electron chi connectivity index (χ1n) is 9.01. The summed E-state index contributed by atoms with van der Waals surface area (Å²) < 4.78 is 2.33. The summed E-state index contributed by atoms with van der Waals surface area (Å²) >= 11 is 0. The van der Waals surface area contributed by atoms with E-state index in [1.165, 1.54) is 32.9 Å². The van der Waals surface area contributed by atoms with Crippen LogP contribution < -0.4 is 0 Å². The summed E-state index contributed by atoms with van der Waals surface area (Å²) in [6, 6.07) is 23.6. The number of terminal acetylenes is 1. The molecule has 0 aliphatic carbocycles. The van der Waals surface area contributed by atoms with E-state index in [1.54, 1.807) is 6.08 Å². The molecule has 0 atom stereocenters. The number of nitrogens with one attached hydrogen (secondary N) is 1. The minimum absolute atomic E-state index is 1.12. The number of nitrogens with zero attached hydrogens (tertiary/aromatic N) is 1. The largest absolute Gasteiger partial charge is 0.358 e. The minimum Gasteiger partial charge on any atom is -0.358 e. The van der Waals surface area contributed by atoms with Crippen molar-refractivity contribution in [1.82, 2.24) is 9.55 Å². The number of aryl methyl sites for hydroxylation is 1. The summed E-state index contributed by atoms with van der Waals surface area (Å²) in [6.45, 7) is 2.09. The fourth-order valence-electron chi connectivity index (χ4n) is 4.01. The summed E-state index contributed by atoms with van der Waals surface area (Å²) in [5.74, 6) is 2.59. The van der Waals surface area contributed by atoms with Crippen LogP contribution in [-0.2, 0) is 0 Å². The highest BCUT2D eigenvalue weighted by Gasteiger charge is 2.15. The number of para-hydroxylation sites is 2. The Labute approximate surface area is 157 Å². The smallest absolute Gasteiger partial charge is 0.0562 e. The normalized spacial score (nSPS) is 11.7. The van der Waals surface area contributed by atoms with Crippen LogP contribution in [0.25, 0.3) is 44.5 Å². The van der Waals surface area contributed by atoms with E-state index in [2.05, 4.69) is 83.1 Å². The van der Waals surface area contributed by atoms with Crippen molar-refractivity contribution in [2.24, 2.45) is 0 Å². The van der Waals surface area contributed by atoms with Crippen molar-refractivity contribution >= 4 is 38.8 Å². The van der Waals surface area contributed by atoms with E-state index in [1.807, 2.05) is 12.1 Å². The molecule has 0 bridgehead atoms. The van der Waals surface area contributed by atoms with Crippen LogP contribution in [-0.4, -0.2) is 9.55 Å². The highest BCUT2D eigenvalue weighted by atomic mass is 15.0. The van der Waals surface area contributed by atoms with Gasteiger partial charge in [0.15, 0.2) is 0 Å². The molecule has 128 valence electrons. The van der Waals surface area contributed by atoms with Crippen LogP contribution in [0.2, 0.25) is 0 Å². The standard InChI is InChI=1S/C25H18N2/c1-3-4-12-19-17(2)26-23-16-25-22(15-21(19)23)20-13-8-9-14-24(20)27(25)18-10-6-5-7-11-18/h1,4-16,26H,2H3/b12-4-. The number of hydrogen-bond donors (Lipinski definition) is 1. The molecule has 5 aromatic rings. The first kappa shape index (κ1) is 15.5. The second-order valence-electron chi connectivity index (χ2n) is 6.77. The van der Waals surface area contributed by atoms with Crippen molar-refractivity contribution in [2.45, 2.75) is 6.92 Å². The fraction of sp³-hybridized carbons (Fsp3) is 0.0400. The molecule has 3 aromatic carbocycles. The number of benzene rings is 3. The Morgan fingerprint density at radius 3 is 2.48 bits per heavy atom. The van der Waals surface area contributed by atoms with E-state index in [0.29, 0.717) is 0 Å². The van der Waals surface area contributed by atoms with Crippen molar-refractivity contribution in [1.29, 1.82) is 0 Å². The van der Waals surface area contributed by atoms with E-state index < -0.39 is 0 Å². The fourth-order valence-corrected chi connectivity index (χ4v) is 4.01. The van der Waals surface area contributed by atoms with E-state index >= 15 is 0 Å². The maximum atomic E-state index is 5.42. The van der Waals surface area contributed by atoms with E-state index in [4.69, 9.17) is 6.42 Å². The predicted octanol–water partition coefficient (Wildman–Crippen LogP) is 6.22. The number of fused-ring (bicyclic) bond motifs is 4. The van der Waals surface area contributed by atoms with Crippen molar-refractivity contribution < 1.29 is 0 Å². The van der Waals surface area contributed by atoms with E-state index in [0.717, 1.165) is 16.8 Å². The van der Waals surface area contributed by atoms with Crippen LogP contribution in [0.3, 0.4) is 0 Å². The minimum atomic E-state index is 1.12. The number of aromatic nitrogens is 2. The molecule has 27 heavy (non-hydrogen) atoms. The molecule has 0 amide bonds. The molecule has 0 saturated carbocycles. The molecule has 0 spiro atoms. The molecule has 0 saturated heterocycles. The van der Waals surface area contributed by atoms with Gasteiger partial charge in [-0.15, -0.1) is 6.42 Å². The molecule has 1 N–H and O–H groups in total. The molecule has 2 heteroatoms. The lowest BCUT2D eigenvalue weighted by molar-refractivity contribution is 1.18. The molecule has 0 fully saturated rings. The second-order valence-corrected chi connectivity index (χ2v) is 6.77. The number of H-pyrrole nitrogens is 1. The maximum Gasteiger partial charge on any atom is 0.0562 e. The van der Waals surface area contributed by atoms with Gasteiger partial charge < -0.3 is 9.55 Å². The first-order valence-corrected chi connectivity index (χ1v) is 9.01. The highest BCUT2D eigenvalue weighted by Crippen LogP contribution is 2.36. The topological polar surface area (TPSA) is 20.7 Å². The zero-order valence-corrected chi connectivity index (χ0v) is 15.0. The molecule has 2 nitrogen and oxygen atoms in total. The summed E-state index contributed by atoms with van der Waals surface area (Å²) in [4.78, 5) is 3.52. The van der Waals surface area contributed by atoms with Crippen LogP contribution in [0.4, 0.5) is 0 Å². The van der Waals surface area contributed by atoms with Crippen LogP contribution >= 0.6 is 0 Å². The predicted molar refractivity (Wildman–Crippen MR) is 115 cm³/mol. The van der Waals surface area contributed by atoms with Crippen molar-refractivity contribution in [3.63, 3.8) is 0 Å². The zero-order chi connectivity index (χ0) is 18.4. The van der Waals surface area contributed by atoms with Gasteiger partial charge in [-0.25, -0.2) is 0 Å². The van der Waals surface area contributed by atoms with Gasteiger partial charge in [-0.1, -0.05) is 42.3 Å². The molecular weight excluding hydrogens is 328 g/mol. The lowest BCUT2D eigenvalue weighted by atomic mass is 10.1. The Morgan fingerprint density at radius 1 is 0.889 bits per heavy atom. The molecule has 5 rings (SSSR count). The third-order valence-electron chi connectivity index (χ3n) is 5.19. The maximum absolute atomic E-state index is 5.42. The van der Waals surface area contributed by atoms with Gasteiger partial charge >= 0.3 is 0 Å². The highest BCUT2D eigenvalue weighted by molar-refractivity contribution is 6.14. The summed E-state index contributed by atoms with van der Waals surface area (Å²) in [5, 5.41) is 3.70. The van der Waals surface area contributed by atoms with Gasteiger partial charge in [0.1, 0.15) is 0 Å². The summed E-state index contributed by atoms with van der Waals surface area (Å²) in [6.07, 6.45) is 9.19. The quantitative estimate of drug-likeness (QED) is 0.366. The molecule has 0 unspecified atom stereocenters. The zero-order valence-electron chi connectivity index (χ0n) is 15.0. The third kappa shape index (κ3) is 2.29. The van der Waals surface area contributed by atoms with Gasteiger partial charge in [-0.2, -0.15) is 0 Å². The lowest BCUT2D eigenvalue weighted by Gasteiger charge is -2.07. The average molecular weight is 346 g/mol. The number of hydrogen-bond acceptors (Lipinski definition) is 0.